The first-order chi connectivity index (χ1) is 14.2. The van der Waals surface area contributed by atoms with Crippen LogP contribution in [-0.2, 0) is 15.1 Å². The van der Waals surface area contributed by atoms with Gasteiger partial charge in [-0.3, -0.25) is 0 Å². The highest BCUT2D eigenvalue weighted by Crippen LogP contribution is 2.59. The number of methoxy groups -OCH3 is 1. The molecule has 1 atom stereocenters. The van der Waals surface area contributed by atoms with E-state index in [9.17, 15) is 53.1 Å². The largest absolute Gasteiger partial charge is 0.462 e. The van der Waals surface area contributed by atoms with Gasteiger partial charge in [-0.15, -0.1) is 0 Å². The van der Waals surface area contributed by atoms with Crippen LogP contribution in [0.1, 0.15) is 36.2 Å². The monoisotopic (exact) mass is 490 g/mol. The van der Waals surface area contributed by atoms with E-state index in [0.717, 1.165) is 24.3 Å². The van der Waals surface area contributed by atoms with E-state index in [1.807, 2.05) is 0 Å². The Labute approximate surface area is 174 Å². The zero-order valence-electron chi connectivity index (χ0n) is 16.6. The van der Waals surface area contributed by atoms with Gasteiger partial charge >= 0.3 is 35.8 Å². The summed E-state index contributed by atoms with van der Waals surface area (Å²) in [6.45, 7) is 2.15. The van der Waals surface area contributed by atoms with Crippen LogP contribution in [0.4, 0.5) is 48.3 Å². The normalized spacial score (nSPS) is 15.9. The molecular weight excluding hydrogens is 473 g/mol. The van der Waals surface area contributed by atoms with Crippen LogP contribution >= 0.6 is 0 Å². The Hall–Kier alpha value is -2.12. The molecule has 1 unspecified atom stereocenters. The van der Waals surface area contributed by atoms with Crippen molar-refractivity contribution in [2.45, 2.75) is 55.7 Å². The third-order valence-corrected chi connectivity index (χ3v) is 4.62. The lowest BCUT2D eigenvalue weighted by Gasteiger charge is -2.40. The molecule has 0 fully saturated rings. The number of carbonyl (C=O) groups excluding carboxylic acids is 1. The Morgan fingerprint density at radius 3 is 1.66 bits per heavy atom. The molecule has 0 amide bonds. The summed E-state index contributed by atoms with van der Waals surface area (Å²) in [5, 5.41) is 0. The van der Waals surface area contributed by atoms with Crippen LogP contribution in [0.15, 0.2) is 24.3 Å². The number of esters is 1. The van der Waals surface area contributed by atoms with Gasteiger partial charge < -0.3 is 9.47 Å². The Kier molecular flexibility index (Phi) is 7.56. The summed E-state index contributed by atoms with van der Waals surface area (Å²) in [6.07, 6.45) is -9.64. The quantitative estimate of drug-likeness (QED) is 0.305. The Morgan fingerprint density at radius 1 is 0.812 bits per heavy atom. The summed E-state index contributed by atoms with van der Waals surface area (Å²) in [4.78, 5) is 11.6. The molecule has 0 bridgehead atoms. The third kappa shape index (κ3) is 4.64. The predicted octanol–water partition coefficient (Wildman–Crippen LogP) is 6.22. The Bertz CT molecular complexity index is 803. The summed E-state index contributed by atoms with van der Waals surface area (Å²) in [5.41, 5.74) is -3.07. The molecule has 3 nitrogen and oxygen atoms in total. The van der Waals surface area contributed by atoms with Crippen molar-refractivity contribution in [3.63, 3.8) is 0 Å². The number of ether oxygens (including phenoxy) is 2. The van der Waals surface area contributed by atoms with Crippen LogP contribution in [0.3, 0.4) is 0 Å². The SMILES string of the molecule is CCOC(=O)c1ccc(C(C)(CC(F)(F)C(F)(F)C(F)(F)C(F)(F)C(F)(F)F)OC)cc1. The van der Waals surface area contributed by atoms with Gasteiger partial charge in [-0.25, -0.2) is 4.79 Å². The second-order valence-electron chi connectivity index (χ2n) is 6.83. The van der Waals surface area contributed by atoms with Crippen LogP contribution in [0.5, 0.6) is 0 Å². The van der Waals surface area contributed by atoms with E-state index in [-0.39, 0.29) is 12.2 Å². The smallest absolute Gasteiger partial charge is 0.460 e. The van der Waals surface area contributed by atoms with Crippen molar-refractivity contribution in [3.05, 3.63) is 35.4 Å². The molecule has 0 saturated heterocycles. The van der Waals surface area contributed by atoms with Gasteiger partial charge in [0.1, 0.15) is 0 Å². The molecule has 0 aromatic heterocycles. The molecule has 0 aliphatic rings. The van der Waals surface area contributed by atoms with Crippen molar-refractivity contribution in [2.24, 2.45) is 0 Å². The highest BCUT2D eigenvalue weighted by atomic mass is 19.4. The number of alkyl halides is 11. The van der Waals surface area contributed by atoms with Crippen LogP contribution in [0.25, 0.3) is 0 Å². The molecular formula is C18H17F11O3. The first-order valence-electron chi connectivity index (χ1n) is 8.62. The molecule has 14 heteroatoms. The van der Waals surface area contributed by atoms with Gasteiger partial charge in [0.05, 0.1) is 24.2 Å². The molecule has 0 heterocycles. The Balaban J connectivity index is 3.37. The molecule has 1 rings (SSSR count). The maximum Gasteiger partial charge on any atom is 0.460 e. The Morgan fingerprint density at radius 2 is 1.28 bits per heavy atom. The van der Waals surface area contributed by atoms with Gasteiger partial charge in [-0.05, 0) is 31.5 Å². The maximum atomic E-state index is 14.2. The average Bonchev–Trinajstić information content (AvgIpc) is 2.66. The average molecular weight is 490 g/mol. The van der Waals surface area contributed by atoms with Gasteiger partial charge in [0.15, 0.2) is 0 Å². The summed E-state index contributed by atoms with van der Waals surface area (Å²) >= 11 is 0. The molecule has 32 heavy (non-hydrogen) atoms. The zero-order valence-corrected chi connectivity index (χ0v) is 16.6. The lowest BCUT2D eigenvalue weighted by molar-refractivity contribution is -0.424. The fraction of sp³-hybridized carbons (Fsp3) is 0.611. The van der Waals surface area contributed by atoms with Gasteiger partial charge in [0.25, 0.3) is 0 Å². The molecule has 1 aromatic carbocycles. The summed E-state index contributed by atoms with van der Waals surface area (Å²) in [6, 6.07) is 3.81. The molecule has 0 aliphatic carbocycles. The number of rotatable bonds is 9. The van der Waals surface area contributed by atoms with E-state index in [1.165, 1.54) is 6.92 Å². The minimum absolute atomic E-state index is 0.0194. The van der Waals surface area contributed by atoms with Gasteiger partial charge in [0, 0.05) is 7.11 Å². The molecule has 0 N–H and O–H groups in total. The second-order valence-corrected chi connectivity index (χ2v) is 6.83. The maximum absolute atomic E-state index is 14.2. The first-order valence-corrected chi connectivity index (χ1v) is 8.62. The topological polar surface area (TPSA) is 35.5 Å². The highest BCUT2D eigenvalue weighted by Gasteiger charge is 2.87. The molecule has 184 valence electrons. The molecule has 0 aliphatic heterocycles. The fourth-order valence-electron chi connectivity index (χ4n) is 2.60. The van der Waals surface area contributed by atoms with E-state index in [4.69, 9.17) is 0 Å². The predicted molar refractivity (Wildman–Crippen MR) is 87.2 cm³/mol. The lowest BCUT2D eigenvalue weighted by Crippen LogP contribution is -2.67. The van der Waals surface area contributed by atoms with E-state index >= 15 is 0 Å². The van der Waals surface area contributed by atoms with Crippen LogP contribution in [-0.4, -0.2) is 49.6 Å². The minimum Gasteiger partial charge on any atom is -0.462 e. The molecule has 1 aromatic rings. The first kappa shape index (κ1) is 27.9. The van der Waals surface area contributed by atoms with Crippen molar-refractivity contribution in [2.75, 3.05) is 13.7 Å². The minimum atomic E-state index is -7.50. The highest BCUT2D eigenvalue weighted by molar-refractivity contribution is 5.89. The summed E-state index contributed by atoms with van der Waals surface area (Å²) in [7, 11) is 0.690. The number of benzene rings is 1. The van der Waals surface area contributed by atoms with Crippen LogP contribution < -0.4 is 0 Å². The van der Waals surface area contributed by atoms with Gasteiger partial charge in [0.2, 0.25) is 0 Å². The van der Waals surface area contributed by atoms with E-state index in [2.05, 4.69) is 9.47 Å². The van der Waals surface area contributed by atoms with E-state index in [0.29, 0.717) is 14.0 Å². The van der Waals surface area contributed by atoms with Gasteiger partial charge in [-0.1, -0.05) is 12.1 Å². The van der Waals surface area contributed by atoms with E-state index in [1.54, 1.807) is 0 Å². The molecule has 0 radical (unpaired) electrons. The number of hydrogen-bond donors (Lipinski definition) is 0. The summed E-state index contributed by atoms with van der Waals surface area (Å²) in [5.74, 6) is -29.0. The van der Waals surface area contributed by atoms with Crippen molar-refractivity contribution in [3.8, 4) is 0 Å². The lowest BCUT2D eigenvalue weighted by atomic mass is 9.84. The third-order valence-electron chi connectivity index (χ3n) is 4.62. The standard InChI is InChI=1S/C18H17F11O3/c1-4-32-12(30)10-5-7-11(8-6-10)13(2,31-3)9-14(19,20)15(21,22)16(23,24)17(25,26)18(27,28)29/h5-8H,4,9H2,1-3H3. The number of halogens is 11. The van der Waals surface area contributed by atoms with Crippen molar-refractivity contribution >= 4 is 5.97 Å². The molecule has 0 saturated carbocycles. The fourth-order valence-corrected chi connectivity index (χ4v) is 2.60. The molecule has 0 spiro atoms. The van der Waals surface area contributed by atoms with Crippen molar-refractivity contribution in [1.82, 2.24) is 0 Å². The van der Waals surface area contributed by atoms with Crippen LogP contribution in [0.2, 0.25) is 0 Å². The number of hydrogen-bond acceptors (Lipinski definition) is 3. The van der Waals surface area contributed by atoms with E-state index < -0.39 is 53.4 Å². The van der Waals surface area contributed by atoms with Gasteiger partial charge in [-0.2, -0.15) is 48.3 Å². The van der Waals surface area contributed by atoms with Crippen molar-refractivity contribution < 1.29 is 62.6 Å². The second kappa shape index (κ2) is 8.67. The zero-order chi connectivity index (χ0) is 25.4. The number of carbonyl (C=O) groups is 1. The van der Waals surface area contributed by atoms with Crippen LogP contribution in [0, 0.1) is 0 Å². The van der Waals surface area contributed by atoms with Crippen molar-refractivity contribution in [1.29, 1.82) is 0 Å². The summed E-state index contributed by atoms with van der Waals surface area (Å²) < 4.78 is 155.